The summed E-state index contributed by atoms with van der Waals surface area (Å²) in [5.74, 6) is 1.33. The number of benzene rings is 2. The predicted molar refractivity (Wildman–Crippen MR) is 153 cm³/mol. The van der Waals surface area contributed by atoms with Crippen LogP contribution in [0.4, 0.5) is 13.2 Å². The third-order valence-corrected chi connectivity index (χ3v) is 6.98. The topological polar surface area (TPSA) is 98.3 Å². The molecule has 2 aromatic carbocycles. The first-order valence-corrected chi connectivity index (χ1v) is 13.1. The van der Waals surface area contributed by atoms with Gasteiger partial charge in [0.1, 0.15) is 5.69 Å². The second-order valence-electron chi connectivity index (χ2n) is 9.30. The van der Waals surface area contributed by atoms with Gasteiger partial charge in [-0.3, -0.25) is 4.68 Å². The number of aryl methyl sites for hydroxylation is 2. The quantitative estimate of drug-likeness (QED) is 0.198. The highest BCUT2D eigenvalue weighted by atomic mass is 35.5. The van der Waals surface area contributed by atoms with E-state index < -0.39 is 11.9 Å². The smallest absolute Gasteiger partial charge is 0.433 e. The number of aromatic nitrogens is 6. The summed E-state index contributed by atoms with van der Waals surface area (Å²) in [6.07, 6.45) is -3.20. The SMILES string of the molecule is COc1ccc(-c2nn(-c3nc(-c4cn(C)nc4C)cc(C(F)(F)F)n3)c(-c3ccc(OC)c(OC)c3)c2Cl)cc1OC. The Labute approximate surface area is 249 Å². The fraction of sp³-hybridized carbons (Fsp3) is 0.241. The van der Waals surface area contributed by atoms with Gasteiger partial charge in [0.2, 0.25) is 0 Å². The Morgan fingerprint density at radius 1 is 0.767 bits per heavy atom. The molecule has 0 unspecified atom stereocenters. The van der Waals surface area contributed by atoms with Gasteiger partial charge in [-0.2, -0.15) is 28.1 Å². The van der Waals surface area contributed by atoms with E-state index in [4.69, 9.17) is 30.5 Å². The molecule has 3 heterocycles. The van der Waals surface area contributed by atoms with Crippen LogP contribution in [0.5, 0.6) is 23.0 Å². The zero-order valence-corrected chi connectivity index (χ0v) is 24.7. The average Bonchev–Trinajstić information content (AvgIpc) is 3.53. The lowest BCUT2D eigenvalue weighted by atomic mass is 10.1. The van der Waals surface area contributed by atoms with Crippen molar-refractivity contribution in [1.29, 1.82) is 0 Å². The Morgan fingerprint density at radius 2 is 1.35 bits per heavy atom. The Morgan fingerprint density at radius 3 is 1.88 bits per heavy atom. The normalized spacial score (nSPS) is 11.5. The molecule has 0 fully saturated rings. The van der Waals surface area contributed by atoms with E-state index in [9.17, 15) is 13.2 Å². The van der Waals surface area contributed by atoms with Gasteiger partial charge in [-0.25, -0.2) is 9.97 Å². The summed E-state index contributed by atoms with van der Waals surface area (Å²) in [5, 5.41) is 9.02. The molecule has 0 bridgehead atoms. The van der Waals surface area contributed by atoms with Crippen molar-refractivity contribution in [2.75, 3.05) is 28.4 Å². The molecule has 0 spiro atoms. The molecule has 3 aromatic heterocycles. The third-order valence-electron chi connectivity index (χ3n) is 6.63. The van der Waals surface area contributed by atoms with Crippen LogP contribution >= 0.6 is 11.6 Å². The Balaban J connectivity index is 1.83. The van der Waals surface area contributed by atoms with E-state index in [2.05, 4.69) is 20.2 Å². The van der Waals surface area contributed by atoms with Crippen LogP contribution in [0, 0.1) is 6.92 Å². The molecule has 0 amide bonds. The molecule has 5 rings (SSSR count). The lowest BCUT2D eigenvalue weighted by Crippen LogP contribution is -2.14. The van der Waals surface area contributed by atoms with Gasteiger partial charge in [0.25, 0.3) is 5.95 Å². The molecule has 0 N–H and O–H groups in total. The largest absolute Gasteiger partial charge is 0.493 e. The van der Waals surface area contributed by atoms with Crippen molar-refractivity contribution in [3.8, 4) is 62.7 Å². The van der Waals surface area contributed by atoms with Crippen LogP contribution in [-0.4, -0.2) is 58.0 Å². The van der Waals surface area contributed by atoms with Gasteiger partial charge in [0.15, 0.2) is 28.7 Å². The highest BCUT2D eigenvalue weighted by molar-refractivity contribution is 6.35. The van der Waals surface area contributed by atoms with Crippen molar-refractivity contribution < 1.29 is 32.1 Å². The molecule has 0 saturated carbocycles. The molecule has 0 aliphatic heterocycles. The number of nitrogens with zero attached hydrogens (tertiary/aromatic N) is 6. The minimum absolute atomic E-state index is 0.0143. The fourth-order valence-electron chi connectivity index (χ4n) is 4.61. The number of halogens is 4. The highest BCUT2D eigenvalue weighted by Gasteiger charge is 2.35. The van der Waals surface area contributed by atoms with E-state index in [0.717, 1.165) is 6.07 Å². The number of alkyl halides is 3. The van der Waals surface area contributed by atoms with E-state index in [1.165, 1.54) is 37.8 Å². The minimum atomic E-state index is -4.78. The first kappa shape index (κ1) is 29.7. The van der Waals surface area contributed by atoms with Gasteiger partial charge in [-0.15, -0.1) is 0 Å². The maximum absolute atomic E-state index is 14.2. The van der Waals surface area contributed by atoms with Gasteiger partial charge in [0.05, 0.1) is 50.5 Å². The summed E-state index contributed by atoms with van der Waals surface area (Å²) >= 11 is 6.98. The van der Waals surface area contributed by atoms with Crippen LogP contribution < -0.4 is 18.9 Å². The maximum Gasteiger partial charge on any atom is 0.433 e. The van der Waals surface area contributed by atoms with Crippen molar-refractivity contribution in [3.05, 3.63) is 65.1 Å². The molecule has 43 heavy (non-hydrogen) atoms. The van der Waals surface area contributed by atoms with E-state index in [-0.39, 0.29) is 28.1 Å². The van der Waals surface area contributed by atoms with Gasteiger partial charge in [-0.1, -0.05) is 11.6 Å². The van der Waals surface area contributed by atoms with Gasteiger partial charge in [0, 0.05) is 29.9 Å². The summed E-state index contributed by atoms with van der Waals surface area (Å²) < 4.78 is 66.8. The zero-order valence-electron chi connectivity index (χ0n) is 23.9. The fourth-order valence-corrected chi connectivity index (χ4v) is 4.94. The number of ether oxygens (including phenoxy) is 4. The standard InChI is InChI=1S/C29H26ClF3N6O4/c1-15-18(14-38(2)36-15)19-13-24(29(31,32)33)35-28(34-19)39-27(17-8-10-21(41-4)23(12-17)43-6)25(30)26(37-39)16-7-9-20(40-3)22(11-16)42-5/h7-14H,1-6H3. The molecule has 0 aliphatic carbocycles. The third kappa shape index (κ3) is 5.55. The number of methoxy groups -OCH3 is 4. The Hall–Kier alpha value is -4.78. The van der Waals surface area contributed by atoms with E-state index in [1.807, 2.05) is 0 Å². The molecule has 5 aromatic rings. The van der Waals surface area contributed by atoms with Gasteiger partial charge >= 0.3 is 6.18 Å². The molecule has 224 valence electrons. The zero-order chi connectivity index (χ0) is 31.1. The summed E-state index contributed by atoms with van der Waals surface area (Å²) in [6, 6.07) is 10.9. The van der Waals surface area contributed by atoms with Crippen molar-refractivity contribution in [2.45, 2.75) is 13.1 Å². The summed E-state index contributed by atoms with van der Waals surface area (Å²) in [6.45, 7) is 1.68. The van der Waals surface area contributed by atoms with Crippen LogP contribution in [0.2, 0.25) is 5.02 Å². The molecule has 10 nitrogen and oxygen atoms in total. The predicted octanol–water partition coefficient (Wildman–Crippen LogP) is 6.41. The molecular formula is C29H26ClF3N6O4. The van der Waals surface area contributed by atoms with Crippen LogP contribution in [0.3, 0.4) is 0 Å². The second kappa shape index (κ2) is 11.5. The monoisotopic (exact) mass is 614 g/mol. The Kier molecular flexibility index (Phi) is 7.93. The van der Waals surface area contributed by atoms with Crippen molar-refractivity contribution in [3.63, 3.8) is 0 Å². The molecule has 0 atom stereocenters. The first-order chi connectivity index (χ1) is 20.5. The van der Waals surface area contributed by atoms with Crippen molar-refractivity contribution in [2.24, 2.45) is 7.05 Å². The number of rotatable bonds is 8. The minimum Gasteiger partial charge on any atom is -0.493 e. The van der Waals surface area contributed by atoms with Crippen molar-refractivity contribution in [1.82, 2.24) is 29.5 Å². The maximum atomic E-state index is 14.2. The van der Waals surface area contributed by atoms with E-state index in [1.54, 1.807) is 56.6 Å². The van der Waals surface area contributed by atoms with Crippen molar-refractivity contribution >= 4 is 11.6 Å². The summed E-state index contributed by atoms with van der Waals surface area (Å²) in [5.41, 5.74) is 1.19. The molecule has 0 radical (unpaired) electrons. The lowest BCUT2D eigenvalue weighted by Gasteiger charge is -2.13. The lowest BCUT2D eigenvalue weighted by molar-refractivity contribution is -0.141. The first-order valence-electron chi connectivity index (χ1n) is 12.7. The van der Waals surface area contributed by atoms with Gasteiger partial charge in [-0.05, 0) is 49.4 Å². The highest BCUT2D eigenvalue weighted by Crippen LogP contribution is 2.43. The van der Waals surface area contributed by atoms with Crippen LogP contribution in [0.25, 0.3) is 39.7 Å². The molecular weight excluding hydrogens is 589 g/mol. The number of hydrogen-bond donors (Lipinski definition) is 0. The summed E-state index contributed by atoms with van der Waals surface area (Å²) in [7, 11) is 7.60. The van der Waals surface area contributed by atoms with Gasteiger partial charge < -0.3 is 18.9 Å². The van der Waals surface area contributed by atoms with Crippen LogP contribution in [0.1, 0.15) is 11.4 Å². The second-order valence-corrected chi connectivity index (χ2v) is 9.68. The average molecular weight is 615 g/mol. The summed E-state index contributed by atoms with van der Waals surface area (Å²) in [4.78, 5) is 8.40. The van der Waals surface area contributed by atoms with Crippen LogP contribution in [-0.2, 0) is 13.2 Å². The molecule has 0 aliphatic rings. The number of hydrogen-bond acceptors (Lipinski definition) is 8. The van der Waals surface area contributed by atoms with E-state index >= 15 is 0 Å². The van der Waals surface area contributed by atoms with Crippen LogP contribution in [0.15, 0.2) is 48.7 Å². The van der Waals surface area contributed by atoms with E-state index in [0.29, 0.717) is 45.4 Å². The Bertz CT molecular complexity index is 1820. The molecule has 14 heteroatoms. The molecule has 0 saturated heterocycles.